The van der Waals surface area contributed by atoms with Crippen LogP contribution in [0.2, 0.25) is 0 Å². The third kappa shape index (κ3) is 2.62. The molecule has 3 nitrogen and oxygen atoms in total. The Hall–Kier alpha value is -0.450. The molecule has 1 fully saturated rings. The van der Waals surface area contributed by atoms with Crippen molar-refractivity contribution < 1.29 is 0 Å². The van der Waals surface area contributed by atoms with E-state index in [9.17, 15) is 0 Å². The van der Waals surface area contributed by atoms with Crippen molar-refractivity contribution in [3.05, 3.63) is 16.1 Å². The second kappa shape index (κ2) is 5.25. The molecular weight excluding hydrogens is 218 g/mol. The lowest BCUT2D eigenvalue weighted by molar-refractivity contribution is 0.127. The lowest BCUT2D eigenvalue weighted by atomic mass is 9.87. The molecule has 1 aromatic rings. The van der Waals surface area contributed by atoms with Crippen LogP contribution in [-0.4, -0.2) is 29.5 Å². The van der Waals surface area contributed by atoms with Crippen LogP contribution in [0.15, 0.2) is 5.51 Å². The minimum absolute atomic E-state index is 0.668. The zero-order valence-electron chi connectivity index (χ0n) is 10.1. The number of piperidine rings is 1. The normalized spacial score (nSPS) is 27.2. The van der Waals surface area contributed by atoms with Crippen LogP contribution in [0.1, 0.15) is 23.9 Å². The van der Waals surface area contributed by atoms with E-state index in [1.165, 1.54) is 23.5 Å². The Balaban J connectivity index is 1.94. The number of thiazole rings is 1. The Morgan fingerprint density at radius 1 is 1.62 bits per heavy atom. The van der Waals surface area contributed by atoms with Gasteiger partial charge in [0.05, 0.1) is 11.2 Å². The van der Waals surface area contributed by atoms with E-state index in [0.717, 1.165) is 25.6 Å². The fraction of sp³-hybridized carbons (Fsp3) is 0.750. The Morgan fingerprint density at radius 3 is 3.06 bits per heavy atom. The molecule has 4 heteroatoms. The van der Waals surface area contributed by atoms with Gasteiger partial charge in [0, 0.05) is 18.0 Å². The van der Waals surface area contributed by atoms with Crippen molar-refractivity contribution in [1.82, 2.24) is 9.88 Å². The van der Waals surface area contributed by atoms with Crippen LogP contribution in [-0.2, 0) is 6.54 Å². The van der Waals surface area contributed by atoms with Crippen molar-refractivity contribution in [2.45, 2.75) is 26.8 Å². The van der Waals surface area contributed by atoms with Gasteiger partial charge in [0.2, 0.25) is 0 Å². The van der Waals surface area contributed by atoms with E-state index < -0.39 is 0 Å². The van der Waals surface area contributed by atoms with Crippen molar-refractivity contribution in [2.75, 3.05) is 19.6 Å². The summed E-state index contributed by atoms with van der Waals surface area (Å²) in [4.78, 5) is 8.24. The number of aromatic nitrogens is 1. The molecule has 0 amide bonds. The van der Waals surface area contributed by atoms with Crippen LogP contribution in [0.25, 0.3) is 0 Å². The maximum absolute atomic E-state index is 5.82. The molecule has 1 aliphatic rings. The van der Waals surface area contributed by atoms with Crippen LogP contribution in [0.5, 0.6) is 0 Å². The van der Waals surface area contributed by atoms with Gasteiger partial charge in [-0.25, -0.2) is 4.98 Å². The summed E-state index contributed by atoms with van der Waals surface area (Å²) in [6.07, 6.45) is 1.28. The van der Waals surface area contributed by atoms with Gasteiger partial charge in [-0.3, -0.25) is 4.90 Å². The third-order valence-corrected chi connectivity index (χ3v) is 4.63. The molecule has 90 valence electrons. The van der Waals surface area contributed by atoms with E-state index in [2.05, 4.69) is 23.7 Å². The number of aryl methyl sites for hydroxylation is 1. The second-order valence-electron chi connectivity index (χ2n) is 4.86. The topological polar surface area (TPSA) is 42.2 Å². The number of likely N-dealkylation sites (tertiary alicyclic amines) is 1. The monoisotopic (exact) mass is 239 g/mol. The quantitative estimate of drug-likeness (QED) is 0.875. The van der Waals surface area contributed by atoms with Crippen LogP contribution >= 0.6 is 11.3 Å². The van der Waals surface area contributed by atoms with E-state index in [1.807, 2.05) is 5.51 Å². The van der Waals surface area contributed by atoms with Crippen LogP contribution in [0, 0.1) is 18.8 Å². The van der Waals surface area contributed by atoms with Crippen LogP contribution in [0.4, 0.5) is 0 Å². The Kier molecular flexibility index (Phi) is 3.95. The van der Waals surface area contributed by atoms with Crippen molar-refractivity contribution in [3.63, 3.8) is 0 Å². The maximum Gasteiger partial charge on any atom is 0.0798 e. The minimum Gasteiger partial charge on any atom is -0.330 e. The third-order valence-electron chi connectivity index (χ3n) is 3.71. The highest BCUT2D eigenvalue weighted by molar-refractivity contribution is 7.09. The molecule has 0 spiro atoms. The van der Waals surface area contributed by atoms with Gasteiger partial charge in [0.25, 0.3) is 0 Å². The first-order chi connectivity index (χ1) is 7.70. The highest BCUT2D eigenvalue weighted by atomic mass is 32.1. The molecule has 1 aliphatic heterocycles. The van der Waals surface area contributed by atoms with Crippen molar-refractivity contribution in [3.8, 4) is 0 Å². The zero-order chi connectivity index (χ0) is 11.5. The van der Waals surface area contributed by atoms with Crippen molar-refractivity contribution in [1.29, 1.82) is 0 Å². The van der Waals surface area contributed by atoms with E-state index >= 15 is 0 Å². The summed E-state index contributed by atoms with van der Waals surface area (Å²) < 4.78 is 0. The zero-order valence-corrected chi connectivity index (χ0v) is 11.0. The highest BCUT2D eigenvalue weighted by Crippen LogP contribution is 2.24. The Labute approximate surface area is 102 Å². The number of hydrogen-bond donors (Lipinski definition) is 1. The summed E-state index contributed by atoms with van der Waals surface area (Å²) in [6, 6.07) is 0. The average molecular weight is 239 g/mol. The number of hydrogen-bond acceptors (Lipinski definition) is 4. The smallest absolute Gasteiger partial charge is 0.0798 e. The second-order valence-corrected chi connectivity index (χ2v) is 5.80. The SMILES string of the molecule is Cc1ncsc1CN1CCC(C)C(CN)C1. The summed E-state index contributed by atoms with van der Waals surface area (Å²) in [5.74, 6) is 1.45. The molecule has 0 bridgehead atoms. The molecule has 2 atom stereocenters. The molecule has 2 heterocycles. The summed E-state index contributed by atoms with van der Waals surface area (Å²) in [5, 5.41) is 0. The van der Waals surface area contributed by atoms with E-state index in [1.54, 1.807) is 11.3 Å². The molecule has 1 saturated heterocycles. The summed E-state index contributed by atoms with van der Waals surface area (Å²) in [5.41, 5.74) is 8.95. The fourth-order valence-corrected chi connectivity index (χ4v) is 3.17. The summed E-state index contributed by atoms with van der Waals surface area (Å²) in [7, 11) is 0. The van der Waals surface area contributed by atoms with Gasteiger partial charge in [-0.15, -0.1) is 11.3 Å². The molecule has 0 radical (unpaired) electrons. The molecule has 2 unspecified atom stereocenters. The molecule has 0 saturated carbocycles. The molecule has 1 aromatic heterocycles. The van der Waals surface area contributed by atoms with Gasteiger partial charge in [0.15, 0.2) is 0 Å². The number of nitrogens with zero attached hydrogens (tertiary/aromatic N) is 2. The standard InChI is InChI=1S/C12H21N3S/c1-9-3-4-15(6-11(9)5-13)7-12-10(2)14-8-16-12/h8-9,11H,3-7,13H2,1-2H3. The number of nitrogens with two attached hydrogens (primary N) is 1. The highest BCUT2D eigenvalue weighted by Gasteiger charge is 2.25. The van der Waals surface area contributed by atoms with E-state index in [-0.39, 0.29) is 0 Å². The Morgan fingerprint density at radius 2 is 2.44 bits per heavy atom. The maximum atomic E-state index is 5.82. The first-order valence-corrected chi connectivity index (χ1v) is 6.90. The summed E-state index contributed by atoms with van der Waals surface area (Å²) >= 11 is 1.77. The molecule has 0 aliphatic carbocycles. The van der Waals surface area contributed by atoms with Crippen molar-refractivity contribution in [2.24, 2.45) is 17.6 Å². The van der Waals surface area contributed by atoms with Gasteiger partial charge >= 0.3 is 0 Å². The number of rotatable bonds is 3. The molecule has 16 heavy (non-hydrogen) atoms. The van der Waals surface area contributed by atoms with Crippen molar-refractivity contribution >= 4 is 11.3 Å². The predicted octanol–water partition coefficient (Wildman–Crippen LogP) is 1.87. The van der Waals surface area contributed by atoms with Gasteiger partial charge in [0.1, 0.15) is 0 Å². The van der Waals surface area contributed by atoms with Crippen LogP contribution < -0.4 is 5.73 Å². The van der Waals surface area contributed by atoms with Gasteiger partial charge in [-0.1, -0.05) is 6.92 Å². The predicted molar refractivity (Wildman–Crippen MR) is 68.5 cm³/mol. The fourth-order valence-electron chi connectivity index (χ4n) is 2.36. The molecule has 2 rings (SSSR count). The Bertz CT molecular complexity index is 337. The lowest BCUT2D eigenvalue weighted by Crippen LogP contribution is -2.42. The first kappa shape index (κ1) is 12.0. The molecular formula is C12H21N3S. The van der Waals surface area contributed by atoms with Gasteiger partial charge in [-0.2, -0.15) is 0 Å². The van der Waals surface area contributed by atoms with Gasteiger partial charge in [-0.05, 0) is 38.3 Å². The first-order valence-electron chi connectivity index (χ1n) is 6.02. The summed E-state index contributed by atoms with van der Waals surface area (Å²) in [6.45, 7) is 8.65. The average Bonchev–Trinajstić information content (AvgIpc) is 2.67. The van der Waals surface area contributed by atoms with Crippen LogP contribution in [0.3, 0.4) is 0 Å². The minimum atomic E-state index is 0.668. The van der Waals surface area contributed by atoms with Gasteiger partial charge < -0.3 is 5.73 Å². The molecule has 0 aromatic carbocycles. The lowest BCUT2D eigenvalue weighted by Gasteiger charge is -2.36. The van der Waals surface area contributed by atoms with E-state index in [0.29, 0.717) is 5.92 Å². The largest absolute Gasteiger partial charge is 0.330 e. The van der Waals surface area contributed by atoms with E-state index in [4.69, 9.17) is 5.73 Å². The molecule has 2 N–H and O–H groups in total.